The van der Waals surface area contributed by atoms with E-state index in [1.54, 1.807) is 36.6 Å². The number of aromatic amines is 1. The molecule has 5 rings (SSSR count). The van der Waals surface area contributed by atoms with Crippen LogP contribution in [0.15, 0.2) is 70.1 Å². The van der Waals surface area contributed by atoms with Gasteiger partial charge in [0.05, 0.1) is 23.7 Å². The van der Waals surface area contributed by atoms with Crippen molar-refractivity contribution in [1.29, 1.82) is 0 Å². The number of furan rings is 1. The Balaban J connectivity index is 1.35. The summed E-state index contributed by atoms with van der Waals surface area (Å²) >= 11 is 11.5. The van der Waals surface area contributed by atoms with Crippen molar-refractivity contribution >= 4 is 46.3 Å². The number of anilines is 1. The van der Waals surface area contributed by atoms with Crippen molar-refractivity contribution in [2.24, 2.45) is 0 Å². The second-order valence-electron chi connectivity index (χ2n) is 7.92. The molecule has 0 saturated carbocycles. The summed E-state index contributed by atoms with van der Waals surface area (Å²) in [5, 5.41) is 1.17. The number of halogens is 1. The third kappa shape index (κ3) is 4.31. The third-order valence-corrected chi connectivity index (χ3v) is 6.42. The largest absolute Gasteiger partial charge is 0.467 e. The lowest BCUT2D eigenvalue weighted by Gasteiger charge is -2.36. The Morgan fingerprint density at radius 2 is 1.88 bits per heavy atom. The van der Waals surface area contributed by atoms with Crippen LogP contribution in [-0.2, 0) is 6.54 Å². The molecule has 0 unspecified atom stereocenters. The molecule has 2 aromatic carbocycles. The van der Waals surface area contributed by atoms with Gasteiger partial charge in [-0.05, 0) is 60.7 Å². The van der Waals surface area contributed by atoms with Gasteiger partial charge in [-0.15, -0.1) is 0 Å². The summed E-state index contributed by atoms with van der Waals surface area (Å²) in [5.74, 6) is 0.571. The maximum Gasteiger partial charge on any atom is 0.262 e. The molecule has 0 atom stereocenters. The van der Waals surface area contributed by atoms with Crippen LogP contribution < -0.4 is 10.5 Å². The van der Waals surface area contributed by atoms with E-state index in [-0.39, 0.29) is 22.8 Å². The lowest BCUT2D eigenvalue weighted by Crippen LogP contribution is -2.48. The van der Waals surface area contributed by atoms with Gasteiger partial charge in [-0.25, -0.2) is 0 Å². The Kier molecular flexibility index (Phi) is 5.78. The number of carbonyl (C=O) groups is 1. The number of hydrogen-bond donors (Lipinski definition) is 1. The predicted octanol–water partition coefficient (Wildman–Crippen LogP) is 4.32. The maximum absolute atomic E-state index is 13.1. The predicted molar refractivity (Wildman–Crippen MR) is 131 cm³/mol. The minimum absolute atomic E-state index is 0.0678. The Hall–Kier alpha value is -3.36. The highest BCUT2D eigenvalue weighted by molar-refractivity contribution is 7.71. The van der Waals surface area contributed by atoms with Crippen molar-refractivity contribution in [3.63, 3.8) is 0 Å². The van der Waals surface area contributed by atoms with Crippen LogP contribution >= 0.6 is 23.8 Å². The molecular formula is C24H21ClN4O3S. The number of benzene rings is 2. The topological polar surface area (TPSA) is 74.5 Å². The van der Waals surface area contributed by atoms with Gasteiger partial charge in [-0.2, -0.15) is 0 Å². The zero-order valence-electron chi connectivity index (χ0n) is 17.7. The number of H-pyrrole nitrogens is 1. The molecule has 1 fully saturated rings. The second kappa shape index (κ2) is 8.88. The van der Waals surface area contributed by atoms with Gasteiger partial charge in [0.15, 0.2) is 4.77 Å². The summed E-state index contributed by atoms with van der Waals surface area (Å²) in [5.41, 5.74) is 1.90. The van der Waals surface area contributed by atoms with Gasteiger partial charge >= 0.3 is 0 Å². The standard InChI is InChI=1S/C24H21ClN4O3S/c25-17-3-1-4-18(14-17)27-8-10-28(11-9-27)22(30)16-6-7-20-21(13-16)26-24(33)29(23(20)31)15-19-5-2-12-32-19/h1-7,12-14H,8-11,15H2,(H,26,33). The van der Waals surface area contributed by atoms with Crippen molar-refractivity contribution in [2.75, 3.05) is 31.1 Å². The highest BCUT2D eigenvalue weighted by Crippen LogP contribution is 2.22. The van der Waals surface area contributed by atoms with Crippen LogP contribution in [0.3, 0.4) is 0 Å². The van der Waals surface area contributed by atoms with Crippen molar-refractivity contribution in [1.82, 2.24) is 14.5 Å². The fraction of sp³-hybridized carbons (Fsp3) is 0.208. The van der Waals surface area contributed by atoms with E-state index < -0.39 is 0 Å². The molecule has 1 aliphatic rings. The first kappa shape index (κ1) is 21.5. The first-order valence-corrected chi connectivity index (χ1v) is 11.4. The molecule has 0 radical (unpaired) electrons. The van der Waals surface area contributed by atoms with Crippen LogP contribution in [0.25, 0.3) is 10.9 Å². The summed E-state index contributed by atoms with van der Waals surface area (Å²) in [6.45, 7) is 2.89. The summed E-state index contributed by atoms with van der Waals surface area (Å²) in [6, 6.07) is 16.4. The summed E-state index contributed by atoms with van der Waals surface area (Å²) in [6.07, 6.45) is 1.56. The van der Waals surface area contributed by atoms with Crippen molar-refractivity contribution in [2.45, 2.75) is 6.54 Å². The Bertz CT molecular complexity index is 1440. The average molecular weight is 481 g/mol. The Morgan fingerprint density at radius 3 is 2.61 bits per heavy atom. The van der Waals surface area contributed by atoms with E-state index in [0.717, 1.165) is 18.8 Å². The minimum Gasteiger partial charge on any atom is -0.467 e. The quantitative estimate of drug-likeness (QED) is 0.440. The van der Waals surface area contributed by atoms with E-state index in [4.69, 9.17) is 28.2 Å². The number of aromatic nitrogens is 2. The molecule has 0 aliphatic carbocycles. The molecule has 1 aliphatic heterocycles. The zero-order valence-corrected chi connectivity index (χ0v) is 19.2. The van der Waals surface area contributed by atoms with Crippen LogP contribution in [-0.4, -0.2) is 46.5 Å². The van der Waals surface area contributed by atoms with Crippen LogP contribution in [0, 0.1) is 4.77 Å². The summed E-state index contributed by atoms with van der Waals surface area (Å²) in [4.78, 5) is 33.3. The van der Waals surface area contributed by atoms with E-state index in [2.05, 4.69) is 9.88 Å². The molecule has 1 saturated heterocycles. The van der Waals surface area contributed by atoms with Crippen LogP contribution in [0.4, 0.5) is 5.69 Å². The van der Waals surface area contributed by atoms with Gasteiger partial charge in [0.1, 0.15) is 5.76 Å². The molecule has 9 heteroatoms. The van der Waals surface area contributed by atoms with E-state index in [1.807, 2.05) is 29.2 Å². The molecule has 168 valence electrons. The van der Waals surface area contributed by atoms with Crippen molar-refractivity contribution in [3.8, 4) is 0 Å². The van der Waals surface area contributed by atoms with Gasteiger partial charge in [0, 0.05) is 42.5 Å². The van der Waals surface area contributed by atoms with E-state index in [9.17, 15) is 9.59 Å². The molecule has 4 aromatic rings. The number of fused-ring (bicyclic) bond motifs is 1. The number of rotatable bonds is 4. The van der Waals surface area contributed by atoms with Crippen LogP contribution in [0.2, 0.25) is 5.02 Å². The summed E-state index contributed by atoms with van der Waals surface area (Å²) in [7, 11) is 0. The maximum atomic E-state index is 13.1. The fourth-order valence-electron chi connectivity index (χ4n) is 4.11. The average Bonchev–Trinajstić information content (AvgIpc) is 3.34. The molecule has 0 spiro atoms. The number of nitrogens with zero attached hydrogens (tertiary/aromatic N) is 3. The lowest BCUT2D eigenvalue weighted by atomic mass is 10.1. The molecule has 33 heavy (non-hydrogen) atoms. The highest BCUT2D eigenvalue weighted by atomic mass is 35.5. The van der Waals surface area contributed by atoms with E-state index >= 15 is 0 Å². The Morgan fingerprint density at radius 1 is 1.06 bits per heavy atom. The van der Waals surface area contributed by atoms with Crippen molar-refractivity contribution in [3.05, 3.63) is 92.3 Å². The normalized spacial score (nSPS) is 14.1. The zero-order chi connectivity index (χ0) is 22.9. The number of nitrogens with one attached hydrogen (secondary N) is 1. The monoisotopic (exact) mass is 480 g/mol. The third-order valence-electron chi connectivity index (χ3n) is 5.86. The minimum atomic E-state index is -0.223. The van der Waals surface area contributed by atoms with E-state index in [1.165, 1.54) is 4.57 Å². The Labute approximate surface area is 199 Å². The highest BCUT2D eigenvalue weighted by Gasteiger charge is 2.23. The van der Waals surface area contributed by atoms with Gasteiger partial charge < -0.3 is 19.2 Å². The summed E-state index contributed by atoms with van der Waals surface area (Å²) < 4.78 is 7.07. The fourth-order valence-corrected chi connectivity index (χ4v) is 4.55. The SMILES string of the molecule is O=C(c1ccc2c(=O)n(Cc3ccco3)c(=S)[nH]c2c1)N1CCN(c2cccc(Cl)c2)CC1. The van der Waals surface area contributed by atoms with Crippen molar-refractivity contribution < 1.29 is 9.21 Å². The van der Waals surface area contributed by atoms with E-state index in [0.29, 0.717) is 40.3 Å². The first-order valence-electron chi connectivity index (χ1n) is 10.6. The molecular weight excluding hydrogens is 460 g/mol. The molecule has 1 amide bonds. The molecule has 2 aromatic heterocycles. The number of carbonyl (C=O) groups excluding carboxylic acids is 1. The number of hydrogen-bond acceptors (Lipinski definition) is 5. The lowest BCUT2D eigenvalue weighted by molar-refractivity contribution is 0.0747. The first-order chi connectivity index (χ1) is 16.0. The number of amides is 1. The molecule has 1 N–H and O–H groups in total. The number of piperazine rings is 1. The van der Waals surface area contributed by atoms with Crippen LogP contribution in [0.1, 0.15) is 16.1 Å². The van der Waals surface area contributed by atoms with Crippen LogP contribution in [0.5, 0.6) is 0 Å². The van der Waals surface area contributed by atoms with Gasteiger partial charge in [0.25, 0.3) is 11.5 Å². The smallest absolute Gasteiger partial charge is 0.262 e. The van der Waals surface area contributed by atoms with Gasteiger partial charge in [-0.1, -0.05) is 17.7 Å². The van der Waals surface area contributed by atoms with Gasteiger partial charge in [0.2, 0.25) is 0 Å². The second-order valence-corrected chi connectivity index (χ2v) is 8.74. The molecule has 0 bridgehead atoms. The molecule has 3 heterocycles. The molecule has 7 nitrogen and oxygen atoms in total. The van der Waals surface area contributed by atoms with Gasteiger partial charge in [-0.3, -0.25) is 14.2 Å².